The standard InChI is InChI=1S/C29H34ClN3O4S/c1-3-4-19-31-29(35)27(20-23-13-7-5-8-14-23)32(21-24-15-11-12-18-26(24)30)28(34)22-33(38(2,36)37)25-16-9-6-10-17-25/h5-18,27H,3-4,19-22H2,1-2H3,(H,31,35)/t27-/m1/s1. The van der Waals surface area contributed by atoms with Crippen LogP contribution in [0.25, 0.3) is 0 Å². The van der Waals surface area contributed by atoms with Crippen molar-refractivity contribution in [2.75, 3.05) is 23.7 Å². The van der Waals surface area contributed by atoms with Gasteiger partial charge in [0.25, 0.3) is 0 Å². The number of sulfonamides is 1. The maximum Gasteiger partial charge on any atom is 0.244 e. The molecule has 0 heterocycles. The number of nitrogens with zero attached hydrogens (tertiary/aromatic N) is 2. The van der Waals surface area contributed by atoms with Crippen LogP contribution in [0.2, 0.25) is 5.02 Å². The van der Waals surface area contributed by atoms with Crippen LogP contribution in [-0.4, -0.2) is 50.5 Å². The summed E-state index contributed by atoms with van der Waals surface area (Å²) in [5.41, 5.74) is 1.91. The average molecular weight is 556 g/mol. The SMILES string of the molecule is CCCCNC(=O)[C@@H](Cc1ccccc1)N(Cc1ccccc1Cl)C(=O)CN(c1ccccc1)S(C)(=O)=O. The first-order chi connectivity index (χ1) is 18.2. The van der Waals surface area contributed by atoms with E-state index in [-0.39, 0.29) is 18.9 Å². The van der Waals surface area contributed by atoms with Gasteiger partial charge in [0, 0.05) is 24.5 Å². The largest absolute Gasteiger partial charge is 0.354 e. The maximum atomic E-state index is 14.0. The predicted octanol–water partition coefficient (Wildman–Crippen LogP) is 4.66. The Labute approximate surface area is 230 Å². The molecule has 2 amide bonds. The fourth-order valence-corrected chi connectivity index (χ4v) is 5.12. The number of hydrogen-bond acceptors (Lipinski definition) is 4. The van der Waals surface area contributed by atoms with Gasteiger partial charge in [0.05, 0.1) is 11.9 Å². The summed E-state index contributed by atoms with van der Waals surface area (Å²) in [4.78, 5) is 28.9. The summed E-state index contributed by atoms with van der Waals surface area (Å²) in [6, 6.07) is 24.1. The van der Waals surface area contributed by atoms with Gasteiger partial charge in [-0.25, -0.2) is 8.42 Å². The number of carbonyl (C=O) groups is 2. The number of rotatable bonds is 13. The van der Waals surface area contributed by atoms with Crippen molar-refractivity contribution in [1.82, 2.24) is 10.2 Å². The Balaban J connectivity index is 2.02. The number of nitrogens with one attached hydrogen (secondary N) is 1. The Kier molecular flexibility index (Phi) is 10.7. The first kappa shape index (κ1) is 29.2. The molecule has 0 aliphatic rings. The molecule has 1 atom stereocenters. The topological polar surface area (TPSA) is 86.8 Å². The van der Waals surface area contributed by atoms with Crippen molar-refractivity contribution in [3.05, 3.63) is 101 Å². The summed E-state index contributed by atoms with van der Waals surface area (Å²) in [5.74, 6) is -0.806. The van der Waals surface area contributed by atoms with Gasteiger partial charge in [-0.2, -0.15) is 0 Å². The second-order valence-electron chi connectivity index (χ2n) is 9.07. The number of amides is 2. The van der Waals surface area contributed by atoms with E-state index in [0.717, 1.165) is 29.0 Å². The lowest BCUT2D eigenvalue weighted by Crippen LogP contribution is -2.53. The highest BCUT2D eigenvalue weighted by molar-refractivity contribution is 7.92. The van der Waals surface area contributed by atoms with Crippen LogP contribution in [0.15, 0.2) is 84.9 Å². The molecule has 0 saturated heterocycles. The molecular formula is C29H34ClN3O4S. The van der Waals surface area contributed by atoms with E-state index in [1.807, 2.05) is 43.3 Å². The third-order valence-electron chi connectivity index (χ3n) is 6.12. The molecule has 0 aliphatic heterocycles. The zero-order valence-electron chi connectivity index (χ0n) is 21.7. The molecule has 0 unspecified atom stereocenters. The van der Waals surface area contributed by atoms with Gasteiger partial charge in [-0.3, -0.25) is 13.9 Å². The number of hydrogen-bond donors (Lipinski definition) is 1. The van der Waals surface area contributed by atoms with Crippen LogP contribution in [0.3, 0.4) is 0 Å². The first-order valence-corrected chi connectivity index (χ1v) is 14.8. The molecule has 7 nitrogen and oxygen atoms in total. The van der Waals surface area contributed by atoms with Gasteiger partial charge in [-0.05, 0) is 35.7 Å². The number of benzene rings is 3. The molecule has 3 aromatic carbocycles. The van der Waals surface area contributed by atoms with Crippen molar-refractivity contribution in [2.45, 2.75) is 38.8 Å². The number of unbranched alkanes of at least 4 members (excludes halogenated alkanes) is 1. The van der Waals surface area contributed by atoms with Crippen molar-refractivity contribution in [3.8, 4) is 0 Å². The molecule has 3 aromatic rings. The fraction of sp³-hybridized carbons (Fsp3) is 0.310. The van der Waals surface area contributed by atoms with Crippen LogP contribution in [0.5, 0.6) is 0 Å². The maximum absolute atomic E-state index is 14.0. The summed E-state index contributed by atoms with van der Waals surface area (Å²) in [5, 5.41) is 3.41. The molecule has 0 radical (unpaired) electrons. The van der Waals surface area contributed by atoms with Crippen molar-refractivity contribution >= 4 is 39.1 Å². The molecule has 3 rings (SSSR count). The quantitative estimate of drug-likeness (QED) is 0.311. The summed E-state index contributed by atoms with van der Waals surface area (Å²) < 4.78 is 26.5. The Morgan fingerprint density at radius 1 is 0.921 bits per heavy atom. The van der Waals surface area contributed by atoms with E-state index in [9.17, 15) is 18.0 Å². The van der Waals surface area contributed by atoms with Crippen LogP contribution in [0, 0.1) is 0 Å². The van der Waals surface area contributed by atoms with Gasteiger partial charge < -0.3 is 10.2 Å². The minimum absolute atomic E-state index is 0.0452. The van der Waals surface area contributed by atoms with Gasteiger partial charge in [0.15, 0.2) is 0 Å². The van der Waals surface area contributed by atoms with Crippen LogP contribution in [0.4, 0.5) is 5.69 Å². The molecule has 0 spiro atoms. The van der Waals surface area contributed by atoms with Gasteiger partial charge in [0.1, 0.15) is 12.6 Å². The molecular weight excluding hydrogens is 522 g/mol. The zero-order chi connectivity index (χ0) is 27.5. The van der Waals surface area contributed by atoms with E-state index in [2.05, 4.69) is 5.32 Å². The molecule has 1 N–H and O–H groups in total. The van der Waals surface area contributed by atoms with Gasteiger partial charge in [-0.15, -0.1) is 0 Å². The van der Waals surface area contributed by atoms with Crippen LogP contribution in [-0.2, 0) is 32.6 Å². The molecule has 9 heteroatoms. The minimum Gasteiger partial charge on any atom is -0.354 e. The monoisotopic (exact) mass is 555 g/mol. The average Bonchev–Trinajstić information content (AvgIpc) is 2.90. The third kappa shape index (κ3) is 8.33. The van der Waals surface area contributed by atoms with Gasteiger partial charge >= 0.3 is 0 Å². The fourth-order valence-electron chi connectivity index (χ4n) is 4.08. The Morgan fingerprint density at radius 3 is 2.13 bits per heavy atom. The summed E-state index contributed by atoms with van der Waals surface area (Å²) in [6.07, 6.45) is 3.04. The summed E-state index contributed by atoms with van der Waals surface area (Å²) in [7, 11) is -3.79. The number of para-hydroxylation sites is 1. The third-order valence-corrected chi connectivity index (χ3v) is 7.63. The highest BCUT2D eigenvalue weighted by Gasteiger charge is 2.33. The summed E-state index contributed by atoms with van der Waals surface area (Å²) >= 11 is 6.45. The molecule has 0 saturated carbocycles. The van der Waals surface area contributed by atoms with Crippen LogP contribution < -0.4 is 9.62 Å². The van der Waals surface area contributed by atoms with Crippen LogP contribution in [0.1, 0.15) is 30.9 Å². The van der Waals surface area contributed by atoms with Crippen molar-refractivity contribution < 1.29 is 18.0 Å². The van der Waals surface area contributed by atoms with E-state index in [1.165, 1.54) is 4.90 Å². The smallest absolute Gasteiger partial charge is 0.244 e. The Hall–Kier alpha value is -3.36. The van der Waals surface area contributed by atoms with Crippen molar-refractivity contribution in [2.24, 2.45) is 0 Å². The molecule has 0 aromatic heterocycles. The lowest BCUT2D eigenvalue weighted by atomic mass is 10.0. The second-order valence-corrected chi connectivity index (χ2v) is 11.4. The Morgan fingerprint density at radius 2 is 1.53 bits per heavy atom. The molecule has 202 valence electrons. The second kappa shape index (κ2) is 14.0. The highest BCUT2D eigenvalue weighted by atomic mass is 35.5. The molecule has 0 bridgehead atoms. The van der Waals surface area contributed by atoms with Crippen molar-refractivity contribution in [3.63, 3.8) is 0 Å². The number of halogens is 1. The van der Waals surface area contributed by atoms with E-state index >= 15 is 0 Å². The summed E-state index contributed by atoms with van der Waals surface area (Å²) in [6.45, 7) is 2.10. The number of anilines is 1. The van der Waals surface area contributed by atoms with Crippen LogP contribution >= 0.6 is 11.6 Å². The normalized spacial score (nSPS) is 12.0. The molecule has 0 aliphatic carbocycles. The van der Waals surface area contributed by atoms with Crippen molar-refractivity contribution in [1.29, 1.82) is 0 Å². The zero-order valence-corrected chi connectivity index (χ0v) is 23.3. The molecule has 38 heavy (non-hydrogen) atoms. The lowest BCUT2D eigenvalue weighted by Gasteiger charge is -2.33. The lowest BCUT2D eigenvalue weighted by molar-refractivity contribution is -0.140. The predicted molar refractivity (Wildman–Crippen MR) is 152 cm³/mol. The first-order valence-electron chi connectivity index (χ1n) is 12.6. The van der Waals surface area contributed by atoms with Gasteiger partial charge in [0.2, 0.25) is 21.8 Å². The van der Waals surface area contributed by atoms with E-state index in [4.69, 9.17) is 11.6 Å². The highest BCUT2D eigenvalue weighted by Crippen LogP contribution is 2.22. The minimum atomic E-state index is -3.79. The molecule has 0 fully saturated rings. The van der Waals surface area contributed by atoms with E-state index in [0.29, 0.717) is 22.8 Å². The Bertz CT molecular complexity index is 1300. The van der Waals surface area contributed by atoms with Gasteiger partial charge in [-0.1, -0.05) is 91.7 Å². The van der Waals surface area contributed by atoms with E-state index < -0.39 is 28.5 Å². The van der Waals surface area contributed by atoms with E-state index in [1.54, 1.807) is 48.5 Å². The number of carbonyl (C=O) groups excluding carboxylic acids is 2.